The fourth-order valence-electron chi connectivity index (χ4n) is 3.15. The first-order chi connectivity index (χ1) is 13.1. The van der Waals surface area contributed by atoms with Crippen LogP contribution in [0.2, 0.25) is 0 Å². The third-order valence-electron chi connectivity index (χ3n) is 4.94. The molecule has 0 fully saturated rings. The van der Waals surface area contributed by atoms with Crippen molar-refractivity contribution in [2.45, 2.75) is 45.4 Å². The van der Waals surface area contributed by atoms with Crippen molar-refractivity contribution in [3.63, 3.8) is 0 Å². The lowest BCUT2D eigenvalue weighted by molar-refractivity contribution is 0.567. The number of H-pyrrole nitrogens is 2. The number of rotatable bonds is 3. The molecular weight excluding hydrogens is 346 g/mol. The van der Waals surface area contributed by atoms with Gasteiger partial charge in [0.25, 0.3) is 0 Å². The Morgan fingerprint density at radius 1 is 0.786 bits per heavy atom. The van der Waals surface area contributed by atoms with E-state index < -0.39 is 0 Å². The average molecular weight is 372 g/mol. The van der Waals surface area contributed by atoms with Crippen LogP contribution in [0.4, 0.5) is 0 Å². The molecule has 0 amide bonds. The Morgan fingerprint density at radius 2 is 1.43 bits per heavy atom. The van der Waals surface area contributed by atoms with Crippen molar-refractivity contribution in [3.8, 4) is 22.8 Å². The molecule has 0 saturated heterocycles. The zero-order valence-corrected chi connectivity index (χ0v) is 17.1. The molecule has 2 N–H and O–H groups in total. The van der Waals surface area contributed by atoms with Gasteiger partial charge in [0.05, 0.1) is 24.0 Å². The van der Waals surface area contributed by atoms with Gasteiger partial charge < -0.3 is 0 Å². The van der Waals surface area contributed by atoms with Crippen LogP contribution >= 0.6 is 0 Å². The second-order valence-corrected chi connectivity index (χ2v) is 9.04. The number of hydrogen-bond donors (Lipinski definition) is 2. The molecule has 1 aromatic carbocycles. The molecule has 0 aliphatic heterocycles. The molecule has 0 bridgehead atoms. The number of benzene rings is 1. The average Bonchev–Trinajstić information content (AvgIpc) is 3.29. The Morgan fingerprint density at radius 3 is 2.07 bits per heavy atom. The van der Waals surface area contributed by atoms with Crippen LogP contribution in [0.15, 0.2) is 42.5 Å². The van der Waals surface area contributed by atoms with Gasteiger partial charge >= 0.3 is 0 Å². The smallest absolute Gasteiger partial charge is 0.141 e. The fraction of sp³-hybridized carbons (Fsp3) is 0.304. The van der Waals surface area contributed by atoms with Gasteiger partial charge in [-0.1, -0.05) is 45.0 Å². The van der Waals surface area contributed by atoms with Crippen molar-refractivity contribution in [1.82, 2.24) is 25.4 Å². The molecule has 3 aromatic heterocycles. The quantitative estimate of drug-likeness (QED) is 0.471. The maximum atomic E-state index is 4.95. The summed E-state index contributed by atoms with van der Waals surface area (Å²) >= 11 is 0. The number of aromatic nitrogens is 5. The highest BCUT2D eigenvalue weighted by Crippen LogP contribution is 2.32. The monoisotopic (exact) mass is 372 g/mol. The molecule has 0 atom stereocenters. The summed E-state index contributed by atoms with van der Waals surface area (Å²) in [5.74, 6) is 0. The lowest BCUT2D eigenvalue weighted by atomic mass is 9.92. The predicted octanol–water partition coefficient (Wildman–Crippen LogP) is 5.42. The molecule has 142 valence electrons. The van der Waals surface area contributed by atoms with E-state index in [1.54, 1.807) is 0 Å². The van der Waals surface area contributed by atoms with Gasteiger partial charge in [-0.3, -0.25) is 10.2 Å². The molecular formula is C23H26N5+. The van der Waals surface area contributed by atoms with Gasteiger partial charge in [0, 0.05) is 16.5 Å². The van der Waals surface area contributed by atoms with Crippen LogP contribution in [0, 0.1) is 6.92 Å². The third-order valence-corrected chi connectivity index (χ3v) is 4.94. The fourth-order valence-corrected chi connectivity index (χ4v) is 3.15. The van der Waals surface area contributed by atoms with Crippen molar-refractivity contribution in [2.75, 3.05) is 0 Å². The molecule has 5 heteroatoms. The van der Waals surface area contributed by atoms with Gasteiger partial charge in [-0.05, 0) is 37.4 Å². The van der Waals surface area contributed by atoms with Crippen LogP contribution < -0.4 is 0 Å². The lowest BCUT2D eigenvalue weighted by Crippen LogP contribution is -2.11. The van der Waals surface area contributed by atoms with Gasteiger partial charge in [0.15, 0.2) is 0 Å². The highest BCUT2D eigenvalue weighted by atomic mass is 15.1. The zero-order valence-electron chi connectivity index (χ0n) is 17.1. The Balaban J connectivity index is 1.89. The van der Waals surface area contributed by atoms with Crippen LogP contribution in [0.1, 0.15) is 46.0 Å². The van der Waals surface area contributed by atoms with Crippen LogP contribution in [0.5, 0.6) is 0 Å². The van der Waals surface area contributed by atoms with Gasteiger partial charge in [0.1, 0.15) is 16.8 Å². The second kappa shape index (κ2) is 6.23. The normalized spacial score (nSPS) is 12.6. The number of fused-ring (bicyclic) bond motifs is 1. The first-order valence-electron chi connectivity index (χ1n) is 9.50. The van der Waals surface area contributed by atoms with E-state index in [0.29, 0.717) is 0 Å². The van der Waals surface area contributed by atoms with Crippen LogP contribution in [-0.2, 0) is 10.8 Å². The van der Waals surface area contributed by atoms with E-state index in [-0.39, 0.29) is 10.8 Å². The molecule has 28 heavy (non-hydrogen) atoms. The summed E-state index contributed by atoms with van der Waals surface area (Å²) < 4.78 is 0. The molecule has 0 radical (unpaired) electrons. The largest absolute Gasteiger partial charge is 0.281 e. The second-order valence-electron chi connectivity index (χ2n) is 9.04. The molecule has 4 rings (SSSR count). The summed E-state index contributed by atoms with van der Waals surface area (Å²) in [4.78, 5) is 4.95. The maximum absolute atomic E-state index is 4.95. The summed E-state index contributed by atoms with van der Waals surface area (Å²) in [7, 11) is 0. The summed E-state index contributed by atoms with van der Waals surface area (Å²) in [6.07, 6.45) is 0. The van der Waals surface area contributed by atoms with Crippen LogP contribution in [0.25, 0.3) is 33.5 Å². The molecule has 0 saturated carbocycles. The van der Waals surface area contributed by atoms with Crippen molar-refractivity contribution in [1.29, 1.82) is 0 Å². The van der Waals surface area contributed by atoms with Gasteiger partial charge in [-0.15, -0.1) is 0 Å². The maximum Gasteiger partial charge on any atom is 0.141 e. The first-order valence-corrected chi connectivity index (χ1v) is 9.50. The highest BCUT2D eigenvalue weighted by Gasteiger charge is 2.25. The Kier molecular flexibility index (Phi) is 4.07. The molecule has 0 spiro atoms. The lowest BCUT2D eigenvalue weighted by Gasteiger charge is -2.14. The van der Waals surface area contributed by atoms with E-state index in [1.807, 2.05) is 18.2 Å². The van der Waals surface area contributed by atoms with E-state index in [0.717, 1.165) is 44.9 Å². The van der Waals surface area contributed by atoms with E-state index >= 15 is 0 Å². The van der Waals surface area contributed by atoms with Crippen LogP contribution in [0.3, 0.4) is 0 Å². The van der Waals surface area contributed by atoms with Crippen molar-refractivity contribution in [2.24, 2.45) is 0 Å². The van der Waals surface area contributed by atoms with Gasteiger partial charge in [-0.2, -0.15) is 10.2 Å². The third kappa shape index (κ3) is 3.28. The number of hydrogen-bond acceptors (Lipinski definition) is 3. The number of aromatic amines is 2. The van der Waals surface area contributed by atoms with Crippen molar-refractivity contribution in [3.05, 3.63) is 60.8 Å². The summed E-state index contributed by atoms with van der Waals surface area (Å²) in [6, 6.07) is 14.4. The SMILES string of the molecule is [CH2+]C(C)(C)c1cc(-c2cc3ccccc3c(-c3cc(C(C)(C)C)[nH]n3)n2)n[nH]1. The summed E-state index contributed by atoms with van der Waals surface area (Å²) in [5.41, 5.74) is 5.15. The molecule has 0 aliphatic rings. The topological polar surface area (TPSA) is 70.2 Å². The minimum Gasteiger partial charge on any atom is -0.281 e. The first kappa shape index (κ1) is 18.3. The highest BCUT2D eigenvalue weighted by molar-refractivity contribution is 5.96. The minimum absolute atomic E-state index is 0.00450. The molecule has 0 unspecified atom stereocenters. The Bertz CT molecular complexity index is 1140. The summed E-state index contributed by atoms with van der Waals surface area (Å²) in [6.45, 7) is 14.8. The van der Waals surface area contributed by atoms with Crippen molar-refractivity contribution < 1.29 is 0 Å². The molecule has 0 aliphatic carbocycles. The number of pyridine rings is 1. The van der Waals surface area contributed by atoms with Crippen molar-refractivity contribution >= 4 is 10.8 Å². The molecule has 4 aromatic rings. The van der Waals surface area contributed by atoms with E-state index in [9.17, 15) is 0 Å². The number of nitrogens with one attached hydrogen (secondary N) is 2. The Labute approximate surface area is 165 Å². The van der Waals surface area contributed by atoms with Crippen LogP contribution in [-0.4, -0.2) is 25.4 Å². The van der Waals surface area contributed by atoms with Gasteiger partial charge in [-0.25, -0.2) is 4.98 Å². The molecule has 5 nitrogen and oxygen atoms in total. The summed E-state index contributed by atoms with van der Waals surface area (Å²) in [5, 5.41) is 17.5. The van der Waals surface area contributed by atoms with E-state index in [4.69, 9.17) is 4.98 Å². The Hall–Kier alpha value is -3.08. The van der Waals surface area contributed by atoms with E-state index in [2.05, 4.69) is 86.2 Å². The number of nitrogens with zero attached hydrogens (tertiary/aromatic N) is 3. The zero-order chi connectivity index (χ0) is 20.1. The molecule has 3 heterocycles. The standard InChI is InChI=1S/C23H26N5/c1-22(2,3)19-12-17(25-27-19)16-11-14-9-7-8-10-15(14)21(24-16)18-13-20(28-26-18)23(4,5)6/h7-13H,1H2,2-6H3,(H,25,27)(H,26,28)/q+1. The predicted molar refractivity (Wildman–Crippen MR) is 114 cm³/mol. The minimum atomic E-state index is -0.241. The van der Waals surface area contributed by atoms with Gasteiger partial charge in [0.2, 0.25) is 0 Å². The van der Waals surface area contributed by atoms with E-state index in [1.165, 1.54) is 0 Å².